The van der Waals surface area contributed by atoms with Crippen LogP contribution in [0.5, 0.6) is 0 Å². The van der Waals surface area contributed by atoms with E-state index in [0.29, 0.717) is 13.1 Å². The largest absolute Gasteiger partial charge is 0.479 e. The molecule has 0 aliphatic rings. The second-order valence-corrected chi connectivity index (χ2v) is 10.2. The first kappa shape index (κ1) is 47.4. The third-order valence-corrected chi connectivity index (χ3v) is 6.35. The molecule has 0 aromatic heterocycles. The summed E-state index contributed by atoms with van der Waals surface area (Å²) in [6, 6.07) is 25.0. The van der Waals surface area contributed by atoms with Gasteiger partial charge in [-0.1, -0.05) is 113 Å². The maximum absolute atomic E-state index is 11.9. The number of ketones is 1. The summed E-state index contributed by atoms with van der Waals surface area (Å²) in [6.45, 7) is 2.95. The molecule has 11 nitrogen and oxygen atoms in total. The fourth-order valence-corrected chi connectivity index (χ4v) is 3.95. The Morgan fingerprint density at radius 2 is 1.23 bits per heavy atom. The Labute approximate surface area is 318 Å². The van der Waals surface area contributed by atoms with E-state index < -0.39 is 24.0 Å². The molecule has 2 amide bonds. The van der Waals surface area contributed by atoms with E-state index in [0.717, 1.165) is 11.1 Å². The first-order valence-electron chi connectivity index (χ1n) is 14.4. The van der Waals surface area contributed by atoms with Gasteiger partial charge in [-0.2, -0.15) is 0 Å². The molecular weight excluding hydrogens is 868 g/mol. The predicted molar refractivity (Wildman–Crippen MR) is 206 cm³/mol. The Kier molecular flexibility index (Phi) is 28.9. The van der Waals surface area contributed by atoms with Gasteiger partial charge in [0.2, 0.25) is 11.8 Å². The van der Waals surface area contributed by atoms with Crippen molar-refractivity contribution >= 4 is 81.7 Å². The summed E-state index contributed by atoms with van der Waals surface area (Å²) in [5.41, 5.74) is 7.85. The number of nitrogens with two attached hydrogens (primary N) is 1. The molecule has 48 heavy (non-hydrogen) atoms. The monoisotopic (exact) mass is 913 g/mol. The number of benzene rings is 3. The number of carbonyl (C=O) groups is 4. The van der Waals surface area contributed by atoms with Crippen LogP contribution in [-0.2, 0) is 41.7 Å². The minimum Gasteiger partial charge on any atom is -0.479 e. The summed E-state index contributed by atoms with van der Waals surface area (Å²) in [5, 5.41) is 23.4. The summed E-state index contributed by atoms with van der Waals surface area (Å²) in [6.07, 6.45) is -1.33. The van der Waals surface area contributed by atoms with Crippen molar-refractivity contribution in [3.8, 4) is 0 Å². The maximum atomic E-state index is 11.9. The van der Waals surface area contributed by atoms with Crippen LogP contribution in [0.1, 0.15) is 36.1 Å². The van der Waals surface area contributed by atoms with E-state index in [2.05, 4.69) is 33.2 Å². The number of aliphatic hydroxyl groups is 1. The summed E-state index contributed by atoms with van der Waals surface area (Å²) < 4.78 is 9.76. The Hall–Kier alpha value is -2.67. The fourth-order valence-electron chi connectivity index (χ4n) is 3.71. The van der Waals surface area contributed by atoms with Gasteiger partial charge in [0.1, 0.15) is 11.8 Å². The minimum absolute atomic E-state index is 0. The number of aliphatic hydroxyl groups excluding tert-OH is 1. The number of carbonyl (C=O) groups excluding carboxylic acids is 3. The summed E-state index contributed by atoms with van der Waals surface area (Å²) >= 11 is 7.79. The van der Waals surface area contributed by atoms with Crippen molar-refractivity contribution in [2.24, 2.45) is 11.7 Å². The molecule has 0 heterocycles. The van der Waals surface area contributed by atoms with E-state index in [9.17, 15) is 19.2 Å². The van der Waals surface area contributed by atoms with Crippen LogP contribution in [0.3, 0.4) is 0 Å². The van der Waals surface area contributed by atoms with Crippen LogP contribution in [0.4, 0.5) is 0 Å². The molecule has 3 atom stereocenters. The van der Waals surface area contributed by atoms with Gasteiger partial charge in [-0.3, -0.25) is 9.59 Å². The average Bonchev–Trinajstić information content (AvgIpc) is 3.08. The number of carboxylic acid groups (broad SMARTS) is 1. The summed E-state index contributed by atoms with van der Waals surface area (Å²) in [5.74, 6) is -2.05. The number of nitrogens with one attached hydrogen (secondary N) is 2. The Morgan fingerprint density at radius 1 is 0.792 bits per heavy atom. The number of hydrogen-bond donors (Lipinski definition) is 5. The molecule has 3 aromatic rings. The van der Waals surface area contributed by atoms with Crippen molar-refractivity contribution in [2.75, 3.05) is 32.4 Å². The quantitative estimate of drug-likeness (QED) is 0.111. The van der Waals surface area contributed by atoms with E-state index >= 15 is 0 Å². The van der Waals surface area contributed by atoms with Crippen LogP contribution >= 0.6 is 58.2 Å². The van der Waals surface area contributed by atoms with Gasteiger partial charge in [-0.25, -0.2) is 4.79 Å². The molecule has 0 radical (unpaired) electrons. The zero-order valence-corrected chi connectivity index (χ0v) is 32.7. The lowest BCUT2D eigenvalue weighted by atomic mass is 10.0. The number of Topliss-reactive ketones (excluding diaryl/α,β-unsaturated/α-hetero) is 1. The van der Waals surface area contributed by atoms with Crippen molar-refractivity contribution in [3.63, 3.8) is 0 Å². The molecule has 6 N–H and O–H groups in total. The van der Waals surface area contributed by atoms with Gasteiger partial charge in [0.05, 0.1) is 19.1 Å². The van der Waals surface area contributed by atoms with Crippen molar-refractivity contribution in [3.05, 3.63) is 107 Å². The fraction of sp³-hybridized carbons (Fsp3) is 0.353. The highest BCUT2D eigenvalue weighted by Gasteiger charge is 2.20. The number of rotatable bonds is 14. The van der Waals surface area contributed by atoms with Crippen LogP contribution in [0.2, 0.25) is 5.02 Å². The van der Waals surface area contributed by atoms with Gasteiger partial charge in [-0.05, 0) is 29.0 Å². The van der Waals surface area contributed by atoms with Gasteiger partial charge in [0, 0.05) is 44.3 Å². The molecule has 0 saturated carbocycles. The van der Waals surface area contributed by atoms with E-state index in [1.807, 2.05) is 65.6 Å². The highest BCUT2D eigenvalue weighted by atomic mass is 127. The zero-order chi connectivity index (χ0) is 35.6. The van der Waals surface area contributed by atoms with Crippen LogP contribution in [0, 0.1) is 5.92 Å². The Balaban J connectivity index is 0. The Morgan fingerprint density at radius 3 is 1.65 bits per heavy atom. The molecule has 0 aliphatic carbocycles. The molecular formula is C34H46ClI2N3O8. The first-order valence-corrected chi connectivity index (χ1v) is 16.9. The van der Waals surface area contributed by atoms with E-state index in [4.69, 9.17) is 37.0 Å². The van der Waals surface area contributed by atoms with Gasteiger partial charge in [0.25, 0.3) is 0 Å². The number of amides is 2. The van der Waals surface area contributed by atoms with Crippen LogP contribution < -0.4 is 16.4 Å². The lowest BCUT2D eigenvalue weighted by Gasteiger charge is -2.14. The lowest BCUT2D eigenvalue weighted by molar-refractivity contribution is -0.147. The molecule has 3 aromatic carbocycles. The topological polar surface area (TPSA) is 177 Å². The SMILES string of the molecule is CI.COC[C@@H](CC(C)=O)C(=O)NCc1ccccc1.COC[C@@H](N)C(=O)NCc1ccccc1.I.O=C(O)[C@@H](O)c1ccccc1Cl. The van der Waals surface area contributed by atoms with Gasteiger partial charge in [0.15, 0.2) is 6.10 Å². The van der Waals surface area contributed by atoms with Crippen molar-refractivity contribution in [2.45, 2.75) is 38.6 Å². The molecule has 14 heteroatoms. The number of aliphatic carboxylic acids is 1. The number of alkyl halides is 1. The molecule has 0 saturated heterocycles. The number of hydrogen-bond acceptors (Lipinski definition) is 8. The van der Waals surface area contributed by atoms with Gasteiger partial charge in [-0.15, -0.1) is 24.0 Å². The third kappa shape index (κ3) is 21.3. The first-order chi connectivity index (χ1) is 22.5. The van der Waals surface area contributed by atoms with E-state index in [1.165, 1.54) is 33.3 Å². The molecule has 0 unspecified atom stereocenters. The highest BCUT2D eigenvalue weighted by Crippen LogP contribution is 2.22. The number of halogens is 3. The van der Waals surface area contributed by atoms with Gasteiger partial charge >= 0.3 is 5.97 Å². The van der Waals surface area contributed by atoms with E-state index in [1.54, 1.807) is 12.1 Å². The zero-order valence-electron chi connectivity index (χ0n) is 27.4. The van der Waals surface area contributed by atoms with Crippen LogP contribution in [-0.4, -0.2) is 72.2 Å². The van der Waals surface area contributed by atoms with Crippen LogP contribution in [0.15, 0.2) is 84.9 Å². The molecule has 0 spiro atoms. The number of carboxylic acids is 1. The normalized spacial score (nSPS) is 11.5. The van der Waals surface area contributed by atoms with Crippen LogP contribution in [0.25, 0.3) is 0 Å². The summed E-state index contributed by atoms with van der Waals surface area (Å²) in [7, 11) is 3.04. The van der Waals surface area contributed by atoms with Gasteiger partial charge < -0.3 is 40.8 Å². The molecule has 0 bridgehead atoms. The highest BCUT2D eigenvalue weighted by molar-refractivity contribution is 14.1. The number of methoxy groups -OCH3 is 2. The smallest absolute Gasteiger partial charge is 0.337 e. The predicted octanol–water partition coefficient (Wildman–Crippen LogP) is 4.95. The molecule has 266 valence electrons. The second-order valence-electron chi connectivity index (χ2n) is 9.79. The minimum atomic E-state index is -1.54. The van der Waals surface area contributed by atoms with E-state index in [-0.39, 0.29) is 71.8 Å². The van der Waals surface area contributed by atoms with Crippen molar-refractivity contribution in [1.82, 2.24) is 10.6 Å². The van der Waals surface area contributed by atoms with Crippen molar-refractivity contribution in [1.29, 1.82) is 0 Å². The Bertz CT molecular complexity index is 1320. The third-order valence-electron chi connectivity index (χ3n) is 6.01. The average molecular weight is 914 g/mol. The number of ether oxygens (including phenoxy) is 2. The second kappa shape index (κ2) is 29.3. The lowest BCUT2D eigenvalue weighted by Crippen LogP contribution is -2.43. The maximum Gasteiger partial charge on any atom is 0.337 e. The molecule has 0 fully saturated rings. The van der Waals surface area contributed by atoms with Crippen molar-refractivity contribution < 1.29 is 38.9 Å². The molecule has 0 aliphatic heterocycles. The molecule has 3 rings (SSSR count). The standard InChI is InChI=1S/C14H19NO3.C11H16N2O2.C8H7ClO3.CH3I.HI/c1-11(16)8-13(10-18-2)14(17)15-9-12-6-4-3-5-7-12;1-15-8-10(12)11(14)13-7-9-5-3-2-4-6-9;9-6-4-2-1-3-5(6)7(10)8(11)12;1-2;/h3-7,13H,8-10H2,1-2H3,(H,15,17);2-6,10H,7-8,12H2,1H3,(H,13,14);1-4,7,10H,(H,11,12);1H3;1H/t13-;10-;7-;;/m110../s1. The summed E-state index contributed by atoms with van der Waals surface area (Å²) in [4.78, 5) is 46.7.